The number of benzene rings is 2. The van der Waals surface area contributed by atoms with Crippen molar-refractivity contribution >= 4 is 46.5 Å². The van der Waals surface area contributed by atoms with Gasteiger partial charge in [0, 0.05) is 34.9 Å². The summed E-state index contributed by atoms with van der Waals surface area (Å²) in [6, 6.07) is 15.6. The fourth-order valence-electron chi connectivity index (χ4n) is 6.92. The van der Waals surface area contributed by atoms with Crippen molar-refractivity contribution in [2.75, 3.05) is 35.2 Å². The number of amides is 3. The third kappa shape index (κ3) is 4.49. The summed E-state index contributed by atoms with van der Waals surface area (Å²) >= 11 is 1.62. The van der Waals surface area contributed by atoms with Gasteiger partial charge in [0.25, 0.3) is 0 Å². The van der Waals surface area contributed by atoms with Crippen molar-refractivity contribution in [3.63, 3.8) is 0 Å². The van der Waals surface area contributed by atoms with E-state index in [1.807, 2.05) is 61.5 Å². The number of aliphatic hydroxyl groups is 1. The van der Waals surface area contributed by atoms with Crippen LogP contribution in [0.15, 0.2) is 54.6 Å². The number of carbonyl (C=O) groups excluding carboxylic acids is 3. The lowest BCUT2D eigenvalue weighted by atomic mass is 9.66. The molecule has 3 heterocycles. The number of carbonyl (C=O) groups is 3. The highest BCUT2D eigenvalue weighted by molar-refractivity contribution is 8.02. The van der Waals surface area contributed by atoms with E-state index in [-0.39, 0.29) is 24.3 Å². The van der Waals surface area contributed by atoms with Crippen LogP contribution < -0.4 is 15.5 Å². The summed E-state index contributed by atoms with van der Waals surface area (Å²) in [5, 5.41) is 16.1. The van der Waals surface area contributed by atoms with Crippen molar-refractivity contribution in [3.05, 3.63) is 54.6 Å². The summed E-state index contributed by atoms with van der Waals surface area (Å²) in [7, 11) is 0. The molecule has 0 saturated carbocycles. The first-order chi connectivity index (χ1) is 18.7. The minimum Gasteiger partial charge on any atom is -0.394 e. The van der Waals surface area contributed by atoms with Crippen LogP contribution in [0.2, 0.25) is 0 Å². The first kappa shape index (κ1) is 27.5. The number of para-hydroxylation sites is 1. The number of thioether (sulfide) groups is 1. The minimum atomic E-state index is -0.791. The average Bonchev–Trinajstić information content (AvgIpc) is 3.51. The number of anilines is 3. The molecule has 1 spiro atoms. The quantitative estimate of drug-likeness (QED) is 0.437. The van der Waals surface area contributed by atoms with E-state index in [0.29, 0.717) is 17.8 Å². The van der Waals surface area contributed by atoms with Crippen LogP contribution in [-0.4, -0.2) is 69.0 Å². The van der Waals surface area contributed by atoms with Crippen LogP contribution in [0.4, 0.5) is 17.1 Å². The molecule has 5 rings (SSSR count). The number of hydrogen-bond acceptors (Lipinski definition) is 6. The van der Waals surface area contributed by atoms with Crippen LogP contribution in [-0.2, 0) is 14.4 Å². The Morgan fingerprint density at radius 3 is 2.26 bits per heavy atom. The lowest BCUT2D eigenvalue weighted by molar-refractivity contribution is -0.141. The van der Waals surface area contributed by atoms with Crippen molar-refractivity contribution in [2.45, 2.75) is 62.1 Å². The van der Waals surface area contributed by atoms with Gasteiger partial charge in [-0.1, -0.05) is 18.2 Å². The molecule has 3 fully saturated rings. The molecule has 3 N–H and O–H groups in total. The van der Waals surface area contributed by atoms with Gasteiger partial charge in [-0.15, -0.1) is 11.8 Å². The first-order valence-corrected chi connectivity index (χ1v) is 14.7. The molecule has 39 heavy (non-hydrogen) atoms. The molecule has 208 valence electrons. The van der Waals surface area contributed by atoms with E-state index in [2.05, 4.69) is 29.4 Å². The number of likely N-dealkylation sites (tertiary alicyclic amines) is 1. The molecule has 3 aliphatic heterocycles. The van der Waals surface area contributed by atoms with Gasteiger partial charge in [0.05, 0.1) is 29.2 Å². The second kappa shape index (κ2) is 10.5. The fraction of sp³-hybridized carbons (Fsp3) is 0.500. The molecule has 2 bridgehead atoms. The normalized spacial score (nSPS) is 29.7. The molecular formula is C30H38N4O4S. The van der Waals surface area contributed by atoms with Crippen molar-refractivity contribution in [2.24, 2.45) is 11.8 Å². The number of nitrogens with zero attached hydrogens (tertiary/aromatic N) is 2. The number of aliphatic hydroxyl groups excluding tert-OH is 1. The molecule has 0 aliphatic carbocycles. The summed E-state index contributed by atoms with van der Waals surface area (Å²) in [5.74, 6) is -1.91. The smallest absolute Gasteiger partial charge is 0.248 e. The minimum absolute atomic E-state index is 0.194. The number of fused-ring (bicyclic) bond motifs is 1. The Labute approximate surface area is 234 Å². The Bertz CT molecular complexity index is 1240. The van der Waals surface area contributed by atoms with E-state index in [1.165, 1.54) is 0 Å². The van der Waals surface area contributed by atoms with Gasteiger partial charge in [-0.05, 0) is 76.9 Å². The highest BCUT2D eigenvalue weighted by Crippen LogP contribution is 2.71. The van der Waals surface area contributed by atoms with Crippen molar-refractivity contribution < 1.29 is 19.5 Å². The molecular weight excluding hydrogens is 512 g/mol. The third-order valence-corrected chi connectivity index (χ3v) is 10.8. The molecule has 8 nitrogen and oxygen atoms in total. The van der Waals surface area contributed by atoms with Crippen molar-refractivity contribution in [1.82, 2.24) is 4.90 Å². The Morgan fingerprint density at radius 2 is 1.64 bits per heavy atom. The van der Waals surface area contributed by atoms with Crippen molar-refractivity contribution in [1.29, 1.82) is 0 Å². The van der Waals surface area contributed by atoms with E-state index in [4.69, 9.17) is 0 Å². The molecule has 6 atom stereocenters. The SMILES string of the molecule is CCN(CC)c1ccc(NC(=O)C2N([C@H](C)CO)C(=O)[C@@H]3[C@@H](C(=O)Nc4ccccc4)[C@@]4(C)CCC23S4)cc1. The molecule has 3 amide bonds. The zero-order valence-electron chi connectivity index (χ0n) is 23.0. The van der Waals surface area contributed by atoms with Gasteiger partial charge in [0.2, 0.25) is 17.7 Å². The zero-order chi connectivity index (χ0) is 27.9. The fourth-order valence-corrected chi connectivity index (χ4v) is 9.27. The van der Waals surface area contributed by atoms with Crippen LogP contribution in [0.3, 0.4) is 0 Å². The molecule has 9 heteroatoms. The summed E-state index contributed by atoms with van der Waals surface area (Å²) in [4.78, 5) is 45.5. The highest BCUT2D eigenvalue weighted by atomic mass is 32.2. The van der Waals surface area contributed by atoms with Crippen LogP contribution in [0, 0.1) is 11.8 Å². The maximum absolute atomic E-state index is 14.1. The van der Waals surface area contributed by atoms with Crippen LogP contribution in [0.5, 0.6) is 0 Å². The standard InChI is InChI=1S/C30H38N4O4S/c1-5-33(6-2)22-14-12-21(13-15-22)32-27(37)25-30-17-16-29(4,39-30)23(24(30)28(38)34(25)19(3)18-35)26(36)31-20-10-8-7-9-11-20/h7-15,19,23-25,35H,5-6,16-18H2,1-4H3,(H,31,36)(H,32,37)/t19-,23+,24+,25?,29-,30?/m1/s1. The molecule has 0 aromatic heterocycles. The van der Waals surface area contributed by atoms with Gasteiger partial charge in [-0.25, -0.2) is 0 Å². The Kier molecular flexibility index (Phi) is 7.41. The predicted octanol–water partition coefficient (Wildman–Crippen LogP) is 3.97. The molecule has 2 aromatic carbocycles. The van der Waals surface area contributed by atoms with E-state index in [9.17, 15) is 19.5 Å². The Morgan fingerprint density at radius 1 is 1.03 bits per heavy atom. The van der Waals surface area contributed by atoms with Gasteiger partial charge in [0.15, 0.2) is 0 Å². The van der Waals surface area contributed by atoms with E-state index in [1.54, 1.807) is 23.6 Å². The van der Waals surface area contributed by atoms with Gasteiger partial charge in [0.1, 0.15) is 6.04 Å². The maximum atomic E-state index is 14.1. The number of nitrogens with one attached hydrogen (secondary N) is 2. The third-order valence-electron chi connectivity index (χ3n) is 8.79. The van der Waals surface area contributed by atoms with Crippen LogP contribution in [0.1, 0.15) is 40.5 Å². The maximum Gasteiger partial charge on any atom is 0.248 e. The van der Waals surface area contributed by atoms with Crippen LogP contribution >= 0.6 is 11.8 Å². The highest BCUT2D eigenvalue weighted by Gasteiger charge is 2.77. The lowest BCUT2D eigenvalue weighted by Crippen LogP contribution is -2.54. The number of rotatable bonds is 9. The van der Waals surface area contributed by atoms with Gasteiger partial charge >= 0.3 is 0 Å². The molecule has 2 aromatic rings. The largest absolute Gasteiger partial charge is 0.394 e. The molecule has 3 saturated heterocycles. The summed E-state index contributed by atoms with van der Waals surface area (Å²) < 4.78 is -1.20. The second-order valence-corrected chi connectivity index (χ2v) is 13.0. The van der Waals surface area contributed by atoms with Gasteiger partial charge < -0.3 is 25.5 Å². The molecule has 2 unspecified atom stereocenters. The zero-order valence-corrected chi connectivity index (χ0v) is 23.8. The second-order valence-electron chi connectivity index (χ2n) is 11.1. The predicted molar refractivity (Wildman–Crippen MR) is 156 cm³/mol. The number of hydrogen-bond donors (Lipinski definition) is 3. The topological polar surface area (TPSA) is 102 Å². The molecule has 0 radical (unpaired) electrons. The summed E-state index contributed by atoms with van der Waals surface area (Å²) in [6.07, 6.45) is 1.39. The molecule has 3 aliphatic rings. The summed E-state index contributed by atoms with van der Waals surface area (Å²) in [5.41, 5.74) is 2.41. The monoisotopic (exact) mass is 550 g/mol. The Hall–Kier alpha value is -3.04. The lowest BCUT2D eigenvalue weighted by Gasteiger charge is -2.36. The Balaban J connectivity index is 1.46. The average molecular weight is 551 g/mol. The van der Waals surface area contributed by atoms with E-state index in [0.717, 1.165) is 25.2 Å². The summed E-state index contributed by atoms with van der Waals surface area (Å²) in [6.45, 7) is 9.52. The van der Waals surface area contributed by atoms with Gasteiger partial charge in [-0.3, -0.25) is 14.4 Å². The van der Waals surface area contributed by atoms with Crippen LogP contribution in [0.25, 0.3) is 0 Å². The van der Waals surface area contributed by atoms with Gasteiger partial charge in [-0.2, -0.15) is 0 Å². The van der Waals surface area contributed by atoms with E-state index >= 15 is 0 Å². The van der Waals surface area contributed by atoms with E-state index < -0.39 is 33.4 Å². The van der Waals surface area contributed by atoms with Crippen molar-refractivity contribution in [3.8, 4) is 0 Å². The first-order valence-electron chi connectivity index (χ1n) is 13.8.